The molecule has 1 aromatic heterocycles. The fourth-order valence-electron chi connectivity index (χ4n) is 3.38. The number of halogens is 1. The van der Waals surface area contributed by atoms with Crippen molar-refractivity contribution >= 4 is 17.2 Å². The first kappa shape index (κ1) is 17.9. The van der Waals surface area contributed by atoms with Gasteiger partial charge >= 0.3 is 0 Å². The molecule has 1 N–H and O–H groups in total. The second kappa shape index (κ2) is 8.01. The van der Waals surface area contributed by atoms with Crippen LogP contribution in [0.4, 0.5) is 4.39 Å². The van der Waals surface area contributed by atoms with Gasteiger partial charge in [0.25, 0.3) is 5.91 Å². The number of piperidine rings is 1. The van der Waals surface area contributed by atoms with E-state index in [0.29, 0.717) is 23.4 Å². The third-order valence-corrected chi connectivity index (χ3v) is 5.24. The summed E-state index contributed by atoms with van der Waals surface area (Å²) in [5.41, 5.74) is 0.843. The Labute approximate surface area is 151 Å². The molecule has 2 atom stereocenters. The molecule has 0 saturated carbocycles. The van der Waals surface area contributed by atoms with Gasteiger partial charge in [0.1, 0.15) is 10.8 Å². The summed E-state index contributed by atoms with van der Waals surface area (Å²) >= 11 is 1.34. The molecule has 1 saturated heterocycles. The van der Waals surface area contributed by atoms with Crippen LogP contribution in [0.3, 0.4) is 0 Å². The molecular weight excluding hydrogens is 339 g/mol. The van der Waals surface area contributed by atoms with E-state index in [0.717, 1.165) is 30.2 Å². The lowest BCUT2D eigenvalue weighted by molar-refractivity contribution is 0.0950. The lowest BCUT2D eigenvalue weighted by Crippen LogP contribution is -2.38. The zero-order chi connectivity index (χ0) is 17.8. The number of nitrogens with zero attached hydrogens (tertiary/aromatic N) is 3. The van der Waals surface area contributed by atoms with Crippen molar-refractivity contribution in [3.63, 3.8) is 0 Å². The van der Waals surface area contributed by atoms with Gasteiger partial charge in [-0.15, -0.1) is 10.2 Å². The number of carbonyl (C=O) groups is 1. The lowest BCUT2D eigenvalue weighted by Gasteiger charge is -2.34. The molecule has 134 valence electrons. The number of rotatable bonds is 5. The van der Waals surface area contributed by atoms with Gasteiger partial charge in [-0.1, -0.05) is 37.3 Å². The highest BCUT2D eigenvalue weighted by atomic mass is 32.1. The Hall–Kier alpha value is -1.86. The Morgan fingerprint density at radius 2 is 1.92 bits per heavy atom. The van der Waals surface area contributed by atoms with Crippen LogP contribution in [0.5, 0.6) is 0 Å². The van der Waals surface area contributed by atoms with Crippen LogP contribution < -0.4 is 5.32 Å². The Morgan fingerprint density at radius 3 is 2.60 bits per heavy atom. The van der Waals surface area contributed by atoms with Gasteiger partial charge in [0, 0.05) is 19.6 Å². The Balaban J connectivity index is 1.53. The van der Waals surface area contributed by atoms with Crippen LogP contribution in [0, 0.1) is 17.7 Å². The summed E-state index contributed by atoms with van der Waals surface area (Å²) in [5, 5.41) is 12.2. The topological polar surface area (TPSA) is 58.1 Å². The van der Waals surface area contributed by atoms with Gasteiger partial charge in [-0.3, -0.25) is 9.69 Å². The summed E-state index contributed by atoms with van der Waals surface area (Å²) in [6.45, 7) is 7.77. The molecule has 0 unspecified atom stereocenters. The Kier molecular flexibility index (Phi) is 5.75. The molecule has 0 bridgehead atoms. The Morgan fingerprint density at radius 1 is 1.24 bits per heavy atom. The van der Waals surface area contributed by atoms with E-state index in [1.165, 1.54) is 29.9 Å². The maximum atomic E-state index is 12.9. The first-order valence-corrected chi connectivity index (χ1v) is 9.38. The SMILES string of the molecule is C[C@H]1C[C@H](C)CN(Cc2nnc(C(=O)NCc3ccc(F)cc3)s2)C1. The first-order valence-electron chi connectivity index (χ1n) is 8.57. The largest absolute Gasteiger partial charge is 0.346 e. The fraction of sp³-hybridized carbons (Fsp3) is 0.500. The molecule has 7 heteroatoms. The van der Waals surface area contributed by atoms with Crippen LogP contribution in [0.15, 0.2) is 24.3 Å². The summed E-state index contributed by atoms with van der Waals surface area (Å²) in [4.78, 5) is 14.6. The van der Waals surface area contributed by atoms with Gasteiger partial charge in [0.15, 0.2) is 0 Å². The number of aromatic nitrogens is 2. The van der Waals surface area contributed by atoms with E-state index >= 15 is 0 Å². The van der Waals surface area contributed by atoms with Crippen LogP contribution >= 0.6 is 11.3 Å². The molecule has 0 aliphatic carbocycles. The van der Waals surface area contributed by atoms with Crippen molar-refractivity contribution in [3.8, 4) is 0 Å². The summed E-state index contributed by atoms with van der Waals surface area (Å²) in [6, 6.07) is 6.07. The van der Waals surface area contributed by atoms with Crippen LogP contribution in [-0.2, 0) is 13.1 Å². The van der Waals surface area contributed by atoms with Gasteiger partial charge in [0.05, 0.1) is 6.54 Å². The van der Waals surface area contributed by atoms with Crippen molar-refractivity contribution < 1.29 is 9.18 Å². The van der Waals surface area contributed by atoms with Crippen LogP contribution in [0.25, 0.3) is 0 Å². The molecule has 5 nitrogen and oxygen atoms in total. The van der Waals surface area contributed by atoms with Crippen LogP contribution in [0.1, 0.15) is 40.6 Å². The number of nitrogens with one attached hydrogen (secondary N) is 1. The monoisotopic (exact) mass is 362 g/mol. The van der Waals surface area contributed by atoms with Crippen molar-refractivity contribution in [1.29, 1.82) is 0 Å². The van der Waals surface area contributed by atoms with E-state index in [2.05, 4.69) is 34.3 Å². The Bertz CT molecular complexity index is 708. The molecule has 1 amide bonds. The quantitative estimate of drug-likeness (QED) is 0.888. The second-order valence-corrected chi connectivity index (χ2v) is 8.01. The average Bonchev–Trinajstić information content (AvgIpc) is 3.01. The number of carbonyl (C=O) groups excluding carboxylic acids is 1. The van der Waals surface area contributed by atoms with E-state index in [1.807, 2.05) is 0 Å². The molecule has 1 aromatic carbocycles. The number of likely N-dealkylation sites (tertiary alicyclic amines) is 1. The second-order valence-electron chi connectivity index (χ2n) is 6.95. The van der Waals surface area contributed by atoms with Gasteiger partial charge < -0.3 is 5.32 Å². The van der Waals surface area contributed by atoms with Crippen LogP contribution in [0.2, 0.25) is 0 Å². The van der Waals surface area contributed by atoms with E-state index in [4.69, 9.17) is 0 Å². The van der Waals surface area contributed by atoms with Crippen molar-refractivity contribution in [2.24, 2.45) is 11.8 Å². The van der Waals surface area contributed by atoms with Gasteiger partial charge in [0.2, 0.25) is 5.01 Å². The molecular formula is C18H23FN4OS. The van der Waals surface area contributed by atoms with E-state index in [-0.39, 0.29) is 11.7 Å². The average molecular weight is 362 g/mol. The minimum Gasteiger partial charge on any atom is -0.346 e. The normalized spacial score (nSPS) is 21.2. The maximum absolute atomic E-state index is 12.9. The highest BCUT2D eigenvalue weighted by Crippen LogP contribution is 2.23. The van der Waals surface area contributed by atoms with Crippen molar-refractivity contribution in [3.05, 3.63) is 45.7 Å². The zero-order valence-corrected chi connectivity index (χ0v) is 15.4. The lowest BCUT2D eigenvalue weighted by atomic mass is 9.92. The fourth-order valence-corrected chi connectivity index (χ4v) is 4.18. The molecule has 0 spiro atoms. The standard InChI is InChI=1S/C18H23FN4OS/c1-12-7-13(2)10-23(9-12)11-16-21-22-18(25-16)17(24)20-8-14-3-5-15(19)6-4-14/h3-6,12-13H,7-11H2,1-2H3,(H,20,24)/t12-,13-/m0/s1. The molecule has 1 fully saturated rings. The molecule has 1 aliphatic heterocycles. The summed E-state index contributed by atoms with van der Waals surface area (Å²) in [6.07, 6.45) is 1.27. The van der Waals surface area contributed by atoms with Gasteiger partial charge in [-0.05, 0) is 36.0 Å². The van der Waals surface area contributed by atoms with Crippen molar-refractivity contribution in [2.45, 2.75) is 33.4 Å². The number of hydrogen-bond acceptors (Lipinski definition) is 5. The molecule has 25 heavy (non-hydrogen) atoms. The van der Waals surface area contributed by atoms with Crippen molar-refractivity contribution in [2.75, 3.05) is 13.1 Å². The highest BCUT2D eigenvalue weighted by molar-refractivity contribution is 7.13. The first-order chi connectivity index (χ1) is 12.0. The third-order valence-electron chi connectivity index (χ3n) is 4.33. The maximum Gasteiger partial charge on any atom is 0.282 e. The van der Waals surface area contributed by atoms with E-state index in [1.54, 1.807) is 12.1 Å². The number of hydrogen-bond donors (Lipinski definition) is 1. The smallest absolute Gasteiger partial charge is 0.282 e. The molecule has 2 aromatic rings. The molecule has 2 heterocycles. The predicted molar refractivity (Wildman–Crippen MR) is 95.7 cm³/mol. The van der Waals surface area contributed by atoms with E-state index in [9.17, 15) is 9.18 Å². The van der Waals surface area contributed by atoms with Crippen molar-refractivity contribution in [1.82, 2.24) is 20.4 Å². The van der Waals surface area contributed by atoms with Gasteiger partial charge in [-0.25, -0.2) is 4.39 Å². The van der Waals surface area contributed by atoms with Crippen LogP contribution in [-0.4, -0.2) is 34.1 Å². The third kappa shape index (κ3) is 5.06. The minimum absolute atomic E-state index is 0.242. The zero-order valence-electron chi connectivity index (χ0n) is 14.5. The minimum atomic E-state index is -0.287. The summed E-state index contributed by atoms with van der Waals surface area (Å²) < 4.78 is 12.9. The molecule has 0 radical (unpaired) electrons. The number of amides is 1. The predicted octanol–water partition coefficient (Wildman–Crippen LogP) is 3.09. The van der Waals surface area contributed by atoms with E-state index < -0.39 is 0 Å². The highest BCUT2D eigenvalue weighted by Gasteiger charge is 2.23. The number of benzene rings is 1. The molecule has 1 aliphatic rings. The molecule has 3 rings (SSSR count). The van der Waals surface area contributed by atoms with Gasteiger partial charge in [-0.2, -0.15) is 0 Å². The summed E-state index contributed by atoms with van der Waals surface area (Å²) in [7, 11) is 0. The summed E-state index contributed by atoms with van der Waals surface area (Å²) in [5.74, 6) is 0.851.